The van der Waals surface area contributed by atoms with Crippen LogP contribution in [0.1, 0.15) is 18.1 Å². The normalized spacial score (nSPS) is 10.2. The van der Waals surface area contributed by atoms with Crippen molar-refractivity contribution in [2.24, 2.45) is 0 Å². The van der Waals surface area contributed by atoms with E-state index in [9.17, 15) is 5.11 Å². The molecule has 1 aromatic rings. The molecule has 0 unspecified atom stereocenters. The standard InChI is InChI=1S/C11H17NO2/c1-4-9-6-10(13)8(2)5-11(9)14-7-12-3/h5-6,12-13H,4,7H2,1-3H3. The molecule has 0 radical (unpaired) electrons. The van der Waals surface area contributed by atoms with Crippen LogP contribution in [0.15, 0.2) is 12.1 Å². The Labute approximate surface area is 84.7 Å². The zero-order valence-corrected chi connectivity index (χ0v) is 8.92. The van der Waals surface area contributed by atoms with E-state index in [1.807, 2.05) is 27.0 Å². The third-order valence-corrected chi connectivity index (χ3v) is 2.13. The van der Waals surface area contributed by atoms with Crippen molar-refractivity contribution < 1.29 is 9.84 Å². The molecule has 0 bridgehead atoms. The Hall–Kier alpha value is -1.22. The summed E-state index contributed by atoms with van der Waals surface area (Å²) >= 11 is 0. The Bertz CT molecular complexity index is 310. The van der Waals surface area contributed by atoms with Crippen LogP contribution in [-0.2, 0) is 6.42 Å². The Morgan fingerprint density at radius 1 is 1.43 bits per heavy atom. The predicted molar refractivity (Wildman–Crippen MR) is 56.8 cm³/mol. The van der Waals surface area contributed by atoms with Crippen LogP contribution in [0.25, 0.3) is 0 Å². The number of ether oxygens (including phenoxy) is 1. The lowest BCUT2D eigenvalue weighted by atomic mass is 10.1. The monoisotopic (exact) mass is 195 g/mol. The van der Waals surface area contributed by atoms with Gasteiger partial charge in [0.2, 0.25) is 0 Å². The van der Waals surface area contributed by atoms with Gasteiger partial charge in [0.25, 0.3) is 0 Å². The Kier molecular flexibility index (Phi) is 3.77. The second-order valence-corrected chi connectivity index (χ2v) is 3.24. The van der Waals surface area contributed by atoms with Gasteiger partial charge in [-0.1, -0.05) is 6.92 Å². The molecule has 0 fully saturated rings. The molecule has 0 atom stereocenters. The smallest absolute Gasteiger partial charge is 0.139 e. The fraction of sp³-hybridized carbons (Fsp3) is 0.455. The summed E-state index contributed by atoms with van der Waals surface area (Å²) in [6.07, 6.45) is 0.854. The molecule has 2 N–H and O–H groups in total. The van der Waals surface area contributed by atoms with Crippen molar-refractivity contribution in [3.05, 3.63) is 23.3 Å². The minimum absolute atomic E-state index is 0.332. The highest BCUT2D eigenvalue weighted by Crippen LogP contribution is 2.27. The maximum absolute atomic E-state index is 9.51. The van der Waals surface area contributed by atoms with Crippen molar-refractivity contribution in [1.29, 1.82) is 0 Å². The highest BCUT2D eigenvalue weighted by atomic mass is 16.5. The largest absolute Gasteiger partial charge is 0.508 e. The van der Waals surface area contributed by atoms with Crippen LogP contribution < -0.4 is 10.1 Å². The molecule has 0 spiro atoms. The molecule has 1 rings (SSSR count). The number of phenolic OH excluding ortho intramolecular Hbond substituents is 1. The Morgan fingerprint density at radius 2 is 2.14 bits per heavy atom. The second kappa shape index (κ2) is 4.86. The molecule has 0 amide bonds. The molecular formula is C11H17NO2. The average molecular weight is 195 g/mol. The molecule has 0 saturated carbocycles. The van der Waals surface area contributed by atoms with E-state index in [0.717, 1.165) is 23.3 Å². The zero-order chi connectivity index (χ0) is 10.6. The van der Waals surface area contributed by atoms with Gasteiger partial charge in [0.05, 0.1) is 0 Å². The second-order valence-electron chi connectivity index (χ2n) is 3.24. The molecule has 0 aromatic heterocycles. The maximum atomic E-state index is 9.51. The van der Waals surface area contributed by atoms with Gasteiger partial charge in [-0.15, -0.1) is 0 Å². The highest BCUT2D eigenvalue weighted by Gasteiger charge is 2.05. The van der Waals surface area contributed by atoms with Crippen LogP contribution in [-0.4, -0.2) is 18.9 Å². The molecule has 0 aliphatic heterocycles. The topological polar surface area (TPSA) is 41.5 Å². The molecule has 3 heteroatoms. The van der Waals surface area contributed by atoms with E-state index in [1.165, 1.54) is 0 Å². The SMILES string of the molecule is CCc1cc(O)c(C)cc1OCNC. The van der Waals surface area contributed by atoms with Crippen molar-refractivity contribution in [2.45, 2.75) is 20.3 Å². The molecule has 0 heterocycles. The molecule has 0 aliphatic carbocycles. The number of phenols is 1. The summed E-state index contributed by atoms with van der Waals surface area (Å²) in [7, 11) is 1.83. The van der Waals surface area contributed by atoms with E-state index < -0.39 is 0 Å². The predicted octanol–water partition coefficient (Wildman–Crippen LogP) is 1.82. The molecule has 78 valence electrons. The van der Waals surface area contributed by atoms with Gasteiger partial charge in [-0.2, -0.15) is 0 Å². The zero-order valence-electron chi connectivity index (χ0n) is 8.92. The molecule has 1 aromatic carbocycles. The van der Waals surface area contributed by atoms with Crippen molar-refractivity contribution >= 4 is 0 Å². The number of hydrogen-bond donors (Lipinski definition) is 2. The van der Waals surface area contributed by atoms with Crippen LogP contribution in [0, 0.1) is 6.92 Å². The third-order valence-electron chi connectivity index (χ3n) is 2.13. The first-order valence-electron chi connectivity index (χ1n) is 4.79. The minimum atomic E-state index is 0.332. The number of rotatable bonds is 4. The molecular weight excluding hydrogens is 178 g/mol. The Balaban J connectivity index is 2.95. The molecule has 14 heavy (non-hydrogen) atoms. The summed E-state index contributed by atoms with van der Waals surface area (Å²) in [5.74, 6) is 1.18. The quantitative estimate of drug-likeness (QED) is 0.720. The summed E-state index contributed by atoms with van der Waals surface area (Å²) < 4.78 is 5.49. The van der Waals surface area contributed by atoms with Gasteiger partial charge in [-0.05, 0) is 43.7 Å². The van der Waals surface area contributed by atoms with E-state index in [2.05, 4.69) is 5.32 Å². The third kappa shape index (κ3) is 2.39. The van der Waals surface area contributed by atoms with E-state index in [1.54, 1.807) is 6.07 Å². The van der Waals surface area contributed by atoms with Crippen molar-refractivity contribution in [3.8, 4) is 11.5 Å². The number of benzene rings is 1. The summed E-state index contributed by atoms with van der Waals surface area (Å²) in [5.41, 5.74) is 1.87. The number of aromatic hydroxyl groups is 1. The van der Waals surface area contributed by atoms with Crippen LogP contribution >= 0.6 is 0 Å². The van der Waals surface area contributed by atoms with Crippen LogP contribution in [0.3, 0.4) is 0 Å². The van der Waals surface area contributed by atoms with Gasteiger partial charge < -0.3 is 9.84 Å². The summed E-state index contributed by atoms with van der Waals surface area (Å²) in [4.78, 5) is 0. The lowest BCUT2D eigenvalue weighted by Crippen LogP contribution is -2.14. The lowest BCUT2D eigenvalue weighted by Gasteiger charge is -2.11. The van der Waals surface area contributed by atoms with Crippen molar-refractivity contribution in [1.82, 2.24) is 5.32 Å². The van der Waals surface area contributed by atoms with E-state index in [0.29, 0.717) is 12.5 Å². The number of aryl methyl sites for hydroxylation is 2. The van der Waals surface area contributed by atoms with Gasteiger partial charge >= 0.3 is 0 Å². The maximum Gasteiger partial charge on any atom is 0.139 e. The first-order chi connectivity index (χ1) is 6.69. The van der Waals surface area contributed by atoms with Crippen LogP contribution in [0.4, 0.5) is 0 Å². The fourth-order valence-corrected chi connectivity index (χ4v) is 1.27. The van der Waals surface area contributed by atoms with Gasteiger partial charge in [0.15, 0.2) is 0 Å². The van der Waals surface area contributed by atoms with Crippen LogP contribution in [0.5, 0.6) is 11.5 Å². The molecule has 0 saturated heterocycles. The molecule has 3 nitrogen and oxygen atoms in total. The fourth-order valence-electron chi connectivity index (χ4n) is 1.27. The van der Waals surface area contributed by atoms with E-state index >= 15 is 0 Å². The Morgan fingerprint density at radius 3 is 2.71 bits per heavy atom. The lowest BCUT2D eigenvalue weighted by molar-refractivity contribution is 0.292. The average Bonchev–Trinajstić information content (AvgIpc) is 2.19. The van der Waals surface area contributed by atoms with E-state index in [4.69, 9.17) is 4.74 Å². The summed E-state index contributed by atoms with van der Waals surface area (Å²) in [5, 5.41) is 12.4. The van der Waals surface area contributed by atoms with Gasteiger partial charge in [0, 0.05) is 0 Å². The minimum Gasteiger partial charge on any atom is -0.508 e. The summed E-state index contributed by atoms with van der Waals surface area (Å²) in [6, 6.07) is 3.63. The summed E-state index contributed by atoms with van der Waals surface area (Å²) in [6.45, 7) is 4.38. The van der Waals surface area contributed by atoms with Gasteiger partial charge in [-0.25, -0.2) is 0 Å². The first kappa shape index (κ1) is 10.9. The molecule has 0 aliphatic rings. The van der Waals surface area contributed by atoms with Gasteiger partial charge in [0.1, 0.15) is 18.2 Å². The number of hydrogen-bond acceptors (Lipinski definition) is 3. The van der Waals surface area contributed by atoms with Gasteiger partial charge in [-0.3, -0.25) is 5.32 Å². The van der Waals surface area contributed by atoms with Crippen molar-refractivity contribution in [3.63, 3.8) is 0 Å². The first-order valence-corrected chi connectivity index (χ1v) is 4.79. The number of nitrogens with one attached hydrogen (secondary N) is 1. The highest BCUT2D eigenvalue weighted by molar-refractivity contribution is 5.45. The van der Waals surface area contributed by atoms with Crippen LogP contribution in [0.2, 0.25) is 0 Å². The van der Waals surface area contributed by atoms with Crippen molar-refractivity contribution in [2.75, 3.05) is 13.8 Å². The van der Waals surface area contributed by atoms with E-state index in [-0.39, 0.29) is 0 Å².